The fourth-order valence-electron chi connectivity index (χ4n) is 4.06. The molecular weight excluding hydrogens is 338 g/mol. The monoisotopic (exact) mass is 365 g/mol. The normalized spacial score (nSPS) is 23.5. The maximum Gasteiger partial charge on any atom is 0.257 e. The SMILES string of the molecule is Cc1ccc(C2=NN(C(=O)CN3CCCC(C)C3)C(c3ccco3)C2)cc1. The summed E-state index contributed by atoms with van der Waals surface area (Å²) in [5.41, 5.74) is 3.22. The molecule has 0 radical (unpaired) electrons. The number of likely N-dealkylation sites (tertiary alicyclic amines) is 1. The minimum Gasteiger partial charge on any atom is -0.467 e. The molecule has 0 saturated carbocycles. The first kappa shape index (κ1) is 18.0. The molecule has 1 saturated heterocycles. The highest BCUT2D eigenvalue weighted by molar-refractivity contribution is 6.03. The lowest BCUT2D eigenvalue weighted by molar-refractivity contribution is -0.135. The molecule has 1 amide bonds. The zero-order valence-corrected chi connectivity index (χ0v) is 16.1. The van der Waals surface area contributed by atoms with E-state index >= 15 is 0 Å². The minimum atomic E-state index is -0.161. The number of nitrogens with zero attached hydrogens (tertiary/aromatic N) is 3. The van der Waals surface area contributed by atoms with Crippen molar-refractivity contribution in [3.63, 3.8) is 0 Å². The third kappa shape index (κ3) is 3.98. The fourth-order valence-corrected chi connectivity index (χ4v) is 4.06. The van der Waals surface area contributed by atoms with E-state index in [0.717, 1.165) is 36.5 Å². The van der Waals surface area contributed by atoms with Gasteiger partial charge in [-0.15, -0.1) is 0 Å². The van der Waals surface area contributed by atoms with Crippen LogP contribution in [0, 0.1) is 12.8 Å². The zero-order valence-electron chi connectivity index (χ0n) is 16.1. The van der Waals surface area contributed by atoms with E-state index in [4.69, 9.17) is 9.52 Å². The van der Waals surface area contributed by atoms with E-state index in [1.165, 1.54) is 12.0 Å². The Balaban J connectivity index is 1.55. The maximum absolute atomic E-state index is 13.1. The van der Waals surface area contributed by atoms with E-state index in [-0.39, 0.29) is 11.9 Å². The van der Waals surface area contributed by atoms with Gasteiger partial charge >= 0.3 is 0 Å². The lowest BCUT2D eigenvalue weighted by Crippen LogP contribution is -2.42. The first-order valence-electron chi connectivity index (χ1n) is 9.82. The molecule has 2 aromatic rings. The molecular formula is C22H27N3O2. The summed E-state index contributed by atoms with van der Waals surface area (Å²) in [7, 11) is 0. The van der Waals surface area contributed by atoms with Crippen LogP contribution in [-0.4, -0.2) is 41.2 Å². The van der Waals surface area contributed by atoms with Gasteiger partial charge in [0.2, 0.25) is 0 Å². The largest absolute Gasteiger partial charge is 0.467 e. The Morgan fingerprint density at radius 1 is 1.26 bits per heavy atom. The molecule has 5 nitrogen and oxygen atoms in total. The first-order chi connectivity index (χ1) is 13.1. The van der Waals surface area contributed by atoms with E-state index in [0.29, 0.717) is 18.9 Å². The number of carbonyl (C=O) groups is 1. The summed E-state index contributed by atoms with van der Waals surface area (Å²) in [6, 6.07) is 12.0. The second kappa shape index (κ2) is 7.69. The number of hydrogen-bond donors (Lipinski definition) is 0. The molecule has 2 atom stereocenters. The molecule has 2 unspecified atom stereocenters. The second-order valence-electron chi connectivity index (χ2n) is 7.87. The number of piperidine rings is 1. The third-order valence-corrected chi connectivity index (χ3v) is 5.52. The van der Waals surface area contributed by atoms with Gasteiger partial charge in [-0.05, 0) is 49.9 Å². The van der Waals surface area contributed by atoms with Crippen molar-refractivity contribution in [2.24, 2.45) is 11.0 Å². The van der Waals surface area contributed by atoms with Gasteiger partial charge in [-0.25, -0.2) is 5.01 Å². The Labute approximate surface area is 160 Å². The molecule has 2 aliphatic rings. The fraction of sp³-hybridized carbons (Fsp3) is 0.455. The number of furan rings is 1. The standard InChI is InChI=1S/C22H27N3O2/c1-16-7-9-18(10-8-16)19-13-20(21-6-4-12-27-21)25(23-19)22(26)15-24-11-3-5-17(2)14-24/h4,6-10,12,17,20H,3,5,11,13-15H2,1-2H3. The quantitative estimate of drug-likeness (QED) is 0.823. The van der Waals surface area contributed by atoms with Crippen LogP contribution in [-0.2, 0) is 4.79 Å². The summed E-state index contributed by atoms with van der Waals surface area (Å²) in [6.45, 7) is 6.72. The number of carbonyl (C=O) groups excluding carboxylic acids is 1. The van der Waals surface area contributed by atoms with Crippen LogP contribution in [0.5, 0.6) is 0 Å². The zero-order chi connectivity index (χ0) is 18.8. The molecule has 1 fully saturated rings. The van der Waals surface area contributed by atoms with Crippen molar-refractivity contribution < 1.29 is 9.21 Å². The Morgan fingerprint density at radius 3 is 2.78 bits per heavy atom. The second-order valence-corrected chi connectivity index (χ2v) is 7.87. The summed E-state index contributed by atoms with van der Waals surface area (Å²) in [4.78, 5) is 15.4. The summed E-state index contributed by atoms with van der Waals surface area (Å²) in [6.07, 6.45) is 4.75. The smallest absolute Gasteiger partial charge is 0.257 e. The Morgan fingerprint density at radius 2 is 2.07 bits per heavy atom. The summed E-state index contributed by atoms with van der Waals surface area (Å²) < 4.78 is 5.63. The van der Waals surface area contributed by atoms with Gasteiger partial charge in [-0.3, -0.25) is 9.69 Å². The van der Waals surface area contributed by atoms with E-state index in [1.54, 1.807) is 11.3 Å². The average molecular weight is 365 g/mol. The van der Waals surface area contributed by atoms with Crippen molar-refractivity contribution in [3.05, 3.63) is 59.5 Å². The molecule has 2 aliphatic heterocycles. The average Bonchev–Trinajstić information content (AvgIpc) is 3.32. The Bertz CT molecular complexity index is 811. The molecule has 0 aliphatic carbocycles. The molecule has 3 heterocycles. The Hall–Kier alpha value is -2.40. The summed E-state index contributed by atoms with van der Waals surface area (Å²) >= 11 is 0. The van der Waals surface area contributed by atoms with Crippen molar-refractivity contribution in [1.29, 1.82) is 0 Å². The van der Waals surface area contributed by atoms with Crippen LogP contribution in [0.3, 0.4) is 0 Å². The van der Waals surface area contributed by atoms with Crippen molar-refractivity contribution in [2.45, 2.75) is 39.2 Å². The van der Waals surface area contributed by atoms with Crippen LogP contribution in [0.15, 0.2) is 52.2 Å². The van der Waals surface area contributed by atoms with Gasteiger partial charge in [-0.2, -0.15) is 5.10 Å². The highest BCUT2D eigenvalue weighted by Gasteiger charge is 2.35. The van der Waals surface area contributed by atoms with Crippen molar-refractivity contribution in [3.8, 4) is 0 Å². The molecule has 0 bridgehead atoms. The molecule has 4 rings (SSSR count). The van der Waals surface area contributed by atoms with Gasteiger partial charge in [0, 0.05) is 13.0 Å². The number of aryl methyl sites for hydroxylation is 1. The van der Waals surface area contributed by atoms with Crippen LogP contribution in [0.25, 0.3) is 0 Å². The summed E-state index contributed by atoms with van der Waals surface area (Å²) in [5, 5.41) is 6.37. The number of amides is 1. The van der Waals surface area contributed by atoms with E-state index < -0.39 is 0 Å². The van der Waals surface area contributed by atoms with Crippen LogP contribution in [0.4, 0.5) is 0 Å². The summed E-state index contributed by atoms with van der Waals surface area (Å²) in [5.74, 6) is 1.49. The van der Waals surface area contributed by atoms with Crippen LogP contribution >= 0.6 is 0 Å². The third-order valence-electron chi connectivity index (χ3n) is 5.52. The first-order valence-corrected chi connectivity index (χ1v) is 9.82. The molecule has 0 spiro atoms. The number of hydrazone groups is 1. The molecule has 5 heteroatoms. The predicted octanol–water partition coefficient (Wildman–Crippen LogP) is 4.00. The molecule has 1 aromatic carbocycles. The molecule has 142 valence electrons. The van der Waals surface area contributed by atoms with E-state index in [9.17, 15) is 4.79 Å². The van der Waals surface area contributed by atoms with Gasteiger partial charge in [0.05, 0.1) is 18.5 Å². The molecule has 0 N–H and O–H groups in total. The number of benzene rings is 1. The maximum atomic E-state index is 13.1. The van der Waals surface area contributed by atoms with Crippen molar-refractivity contribution in [1.82, 2.24) is 9.91 Å². The van der Waals surface area contributed by atoms with Gasteiger partial charge in [0.15, 0.2) is 0 Å². The van der Waals surface area contributed by atoms with Gasteiger partial charge in [-0.1, -0.05) is 36.8 Å². The van der Waals surface area contributed by atoms with E-state index in [1.807, 2.05) is 12.1 Å². The highest BCUT2D eigenvalue weighted by atomic mass is 16.3. The van der Waals surface area contributed by atoms with Crippen LogP contribution in [0.2, 0.25) is 0 Å². The molecule has 27 heavy (non-hydrogen) atoms. The van der Waals surface area contributed by atoms with E-state index in [2.05, 4.69) is 43.0 Å². The van der Waals surface area contributed by atoms with Crippen molar-refractivity contribution >= 4 is 11.6 Å². The van der Waals surface area contributed by atoms with Gasteiger partial charge in [0.25, 0.3) is 5.91 Å². The van der Waals surface area contributed by atoms with Gasteiger partial charge < -0.3 is 4.42 Å². The molecule has 1 aromatic heterocycles. The lowest BCUT2D eigenvalue weighted by Gasteiger charge is -2.31. The van der Waals surface area contributed by atoms with Gasteiger partial charge in [0.1, 0.15) is 11.8 Å². The Kier molecular flexibility index (Phi) is 5.12. The van der Waals surface area contributed by atoms with Crippen LogP contribution < -0.4 is 0 Å². The number of hydrogen-bond acceptors (Lipinski definition) is 4. The van der Waals surface area contributed by atoms with Crippen LogP contribution in [0.1, 0.15) is 49.1 Å². The highest BCUT2D eigenvalue weighted by Crippen LogP contribution is 2.33. The lowest BCUT2D eigenvalue weighted by atomic mass is 10.0. The van der Waals surface area contributed by atoms with Crippen molar-refractivity contribution in [2.75, 3.05) is 19.6 Å². The number of rotatable bonds is 4. The topological polar surface area (TPSA) is 49.1 Å². The predicted molar refractivity (Wildman–Crippen MR) is 105 cm³/mol. The minimum absolute atomic E-state index is 0.0487.